The first-order valence-electron chi connectivity index (χ1n) is 8.82. The summed E-state index contributed by atoms with van der Waals surface area (Å²) in [7, 11) is 1.48. The van der Waals surface area contributed by atoms with Crippen LogP contribution in [0.3, 0.4) is 0 Å². The van der Waals surface area contributed by atoms with Gasteiger partial charge in [0.2, 0.25) is 5.43 Å². The molecule has 1 saturated heterocycles. The highest BCUT2D eigenvalue weighted by molar-refractivity contribution is 5.86. The second-order valence-corrected chi connectivity index (χ2v) is 7.09. The summed E-state index contributed by atoms with van der Waals surface area (Å²) < 4.78 is 41.5. The van der Waals surface area contributed by atoms with Gasteiger partial charge in [0.05, 0.1) is 29.2 Å². The number of nitrogens with zero attached hydrogens (tertiary/aromatic N) is 2. The van der Waals surface area contributed by atoms with Crippen molar-refractivity contribution in [3.8, 4) is 5.75 Å². The summed E-state index contributed by atoms with van der Waals surface area (Å²) in [5, 5.41) is 8.56. The zero-order valence-corrected chi connectivity index (χ0v) is 16.2. The Balaban J connectivity index is 0.00000240. The molecular formula is C18H20ClF2N3O5. The molecule has 2 aliphatic rings. The molecule has 0 unspecified atom stereocenters. The van der Waals surface area contributed by atoms with Crippen molar-refractivity contribution in [2.45, 2.75) is 31.0 Å². The van der Waals surface area contributed by atoms with E-state index in [1.807, 2.05) is 0 Å². The molecule has 1 aromatic heterocycles. The predicted octanol–water partition coefficient (Wildman–Crippen LogP) is 2.26. The molecule has 0 bridgehead atoms. The van der Waals surface area contributed by atoms with Gasteiger partial charge in [0.25, 0.3) is 0 Å². The van der Waals surface area contributed by atoms with Crippen molar-refractivity contribution in [1.29, 1.82) is 0 Å². The van der Waals surface area contributed by atoms with E-state index >= 15 is 4.39 Å². The highest BCUT2D eigenvalue weighted by Gasteiger charge is 2.35. The lowest BCUT2D eigenvalue weighted by atomic mass is 10.1. The topological polar surface area (TPSA) is 107 Å². The van der Waals surface area contributed by atoms with E-state index in [0.717, 1.165) is 18.9 Å². The lowest BCUT2D eigenvalue weighted by molar-refractivity contribution is 0.108. The average molecular weight is 432 g/mol. The van der Waals surface area contributed by atoms with Gasteiger partial charge >= 0.3 is 6.16 Å². The molecule has 158 valence electrons. The third kappa shape index (κ3) is 3.63. The number of pyridine rings is 1. The van der Waals surface area contributed by atoms with Gasteiger partial charge in [0.15, 0.2) is 11.6 Å². The van der Waals surface area contributed by atoms with Gasteiger partial charge in [0, 0.05) is 26.2 Å². The Kier molecular flexibility index (Phi) is 5.70. The number of methoxy groups -OCH3 is 1. The number of carboxylic acid groups (broad SMARTS) is 1. The molecule has 2 aromatic rings. The van der Waals surface area contributed by atoms with E-state index in [9.17, 15) is 14.0 Å². The van der Waals surface area contributed by atoms with E-state index in [1.54, 1.807) is 0 Å². The van der Waals surface area contributed by atoms with Crippen molar-refractivity contribution in [2.75, 3.05) is 25.1 Å². The van der Waals surface area contributed by atoms with Crippen molar-refractivity contribution in [3.05, 3.63) is 34.1 Å². The summed E-state index contributed by atoms with van der Waals surface area (Å²) in [5.41, 5.74) is 4.74. The Morgan fingerprint density at radius 2 is 2.00 bits per heavy atom. The average Bonchev–Trinajstić information content (AvgIpc) is 3.40. The second-order valence-electron chi connectivity index (χ2n) is 7.09. The van der Waals surface area contributed by atoms with Gasteiger partial charge in [-0.3, -0.25) is 4.79 Å². The van der Waals surface area contributed by atoms with Crippen LogP contribution in [0.4, 0.5) is 19.3 Å². The summed E-state index contributed by atoms with van der Waals surface area (Å²) in [4.78, 5) is 24.9. The van der Waals surface area contributed by atoms with Crippen LogP contribution < -0.4 is 20.8 Å². The molecule has 29 heavy (non-hydrogen) atoms. The highest BCUT2D eigenvalue weighted by Crippen LogP contribution is 2.40. The van der Waals surface area contributed by atoms with Crippen LogP contribution in [-0.2, 0) is 4.74 Å². The van der Waals surface area contributed by atoms with Gasteiger partial charge in [-0.1, -0.05) is 0 Å². The Bertz CT molecular complexity index is 1030. The smallest absolute Gasteiger partial charge is 0.449 e. The lowest BCUT2D eigenvalue weighted by Crippen LogP contribution is -2.34. The molecular weight excluding hydrogens is 412 g/mol. The molecule has 1 aromatic carbocycles. The maximum Gasteiger partial charge on any atom is 0.511 e. The first-order chi connectivity index (χ1) is 13.3. The van der Waals surface area contributed by atoms with Gasteiger partial charge < -0.3 is 29.8 Å². The number of anilines is 1. The van der Waals surface area contributed by atoms with Crippen LogP contribution in [-0.4, -0.2) is 48.2 Å². The van der Waals surface area contributed by atoms with Gasteiger partial charge in [-0.2, -0.15) is 0 Å². The van der Waals surface area contributed by atoms with Crippen molar-refractivity contribution in [2.24, 2.45) is 5.73 Å². The number of hydrogen-bond donors (Lipinski definition) is 2. The number of hydrogen-bond acceptors (Lipinski definition) is 6. The minimum atomic E-state index is -1.67. The molecule has 8 nitrogen and oxygen atoms in total. The number of ether oxygens (including phenoxy) is 2. The summed E-state index contributed by atoms with van der Waals surface area (Å²) in [5.74, 6) is -2.30. The van der Waals surface area contributed by atoms with Crippen molar-refractivity contribution in [3.63, 3.8) is 0 Å². The quantitative estimate of drug-likeness (QED) is 0.715. The summed E-state index contributed by atoms with van der Waals surface area (Å²) in [6.07, 6.45) is 0.600. The van der Waals surface area contributed by atoms with E-state index in [1.165, 1.54) is 22.8 Å². The molecule has 2 heterocycles. The van der Waals surface area contributed by atoms with E-state index in [2.05, 4.69) is 4.74 Å². The van der Waals surface area contributed by atoms with Crippen molar-refractivity contribution >= 4 is 35.2 Å². The van der Waals surface area contributed by atoms with Crippen molar-refractivity contribution < 1.29 is 28.2 Å². The summed E-state index contributed by atoms with van der Waals surface area (Å²) >= 11 is 0. The fourth-order valence-corrected chi connectivity index (χ4v) is 3.73. The molecule has 1 aliphatic heterocycles. The molecule has 2 fully saturated rings. The Labute approximate surface area is 170 Å². The van der Waals surface area contributed by atoms with Gasteiger partial charge in [-0.15, -0.1) is 12.4 Å². The third-order valence-corrected chi connectivity index (χ3v) is 5.22. The lowest BCUT2D eigenvalue weighted by Gasteiger charge is -2.22. The van der Waals surface area contributed by atoms with Crippen LogP contribution >= 0.6 is 12.4 Å². The zero-order chi connectivity index (χ0) is 20.2. The SMILES string of the molecule is CO[C@@H]1CN(c2c(F)cc3c(=O)c(OC(=O)O)cn(C4CC4)c3c2F)C[C@@H]1N.Cl. The van der Waals surface area contributed by atoms with Crippen LogP contribution in [0.5, 0.6) is 5.75 Å². The zero-order valence-electron chi connectivity index (χ0n) is 15.4. The number of rotatable bonds is 4. The van der Waals surface area contributed by atoms with Gasteiger partial charge in [-0.05, 0) is 18.9 Å². The maximum atomic E-state index is 15.5. The molecule has 0 amide bonds. The molecule has 1 saturated carbocycles. The minimum Gasteiger partial charge on any atom is -0.449 e. The van der Waals surface area contributed by atoms with E-state index < -0.39 is 35.0 Å². The summed E-state index contributed by atoms with van der Waals surface area (Å²) in [6, 6.07) is 0.408. The number of fused-ring (bicyclic) bond motifs is 1. The Morgan fingerprint density at radius 3 is 2.55 bits per heavy atom. The standard InChI is InChI=1S/C18H19F2N3O5.ClH/c1-27-12-6-22(5-11(12)21)16-10(19)4-9-15(14(16)20)23(8-2-3-8)7-13(17(9)24)28-18(25)26;/h4,7-8,11-12H,2-3,5-6,21H2,1H3,(H,25,26);1H/t11-,12+;/m0./s1. The van der Waals surface area contributed by atoms with Crippen LogP contribution in [0.1, 0.15) is 18.9 Å². The number of aromatic nitrogens is 1. The van der Waals surface area contributed by atoms with Crippen LogP contribution in [0.2, 0.25) is 0 Å². The number of carbonyl (C=O) groups is 1. The van der Waals surface area contributed by atoms with Crippen LogP contribution in [0.25, 0.3) is 10.9 Å². The fourth-order valence-electron chi connectivity index (χ4n) is 3.73. The minimum absolute atomic E-state index is 0. The molecule has 0 spiro atoms. The Hall–Kier alpha value is -2.43. The molecule has 1 aliphatic carbocycles. The molecule has 11 heteroatoms. The first-order valence-corrected chi connectivity index (χ1v) is 8.82. The highest BCUT2D eigenvalue weighted by atomic mass is 35.5. The van der Waals surface area contributed by atoms with Gasteiger partial charge in [-0.25, -0.2) is 13.6 Å². The maximum absolute atomic E-state index is 15.5. The normalized spacial score (nSPS) is 21.3. The molecule has 3 N–H and O–H groups in total. The number of halogens is 3. The molecule has 0 radical (unpaired) electrons. The number of nitrogens with two attached hydrogens (primary N) is 1. The molecule has 2 atom stereocenters. The van der Waals surface area contributed by atoms with E-state index in [-0.39, 0.29) is 54.2 Å². The predicted molar refractivity (Wildman–Crippen MR) is 103 cm³/mol. The monoisotopic (exact) mass is 431 g/mol. The van der Waals surface area contributed by atoms with Crippen LogP contribution in [0.15, 0.2) is 17.1 Å². The number of benzene rings is 1. The summed E-state index contributed by atoms with van der Waals surface area (Å²) in [6.45, 7) is 0.413. The third-order valence-electron chi connectivity index (χ3n) is 5.22. The van der Waals surface area contributed by atoms with Crippen LogP contribution in [0, 0.1) is 11.6 Å². The molecule has 4 rings (SSSR count). The largest absolute Gasteiger partial charge is 0.511 e. The second kappa shape index (κ2) is 7.77. The van der Waals surface area contributed by atoms with E-state index in [4.69, 9.17) is 15.6 Å². The van der Waals surface area contributed by atoms with Crippen molar-refractivity contribution in [1.82, 2.24) is 4.57 Å². The van der Waals surface area contributed by atoms with Gasteiger partial charge in [0.1, 0.15) is 11.5 Å². The Morgan fingerprint density at radius 1 is 1.31 bits per heavy atom. The van der Waals surface area contributed by atoms with E-state index in [0.29, 0.717) is 0 Å². The fraction of sp³-hybridized carbons (Fsp3) is 0.444. The first kappa shape index (κ1) is 21.3.